The fourth-order valence-corrected chi connectivity index (χ4v) is 5.87. The molecule has 2 nitrogen and oxygen atoms in total. The predicted octanol–water partition coefficient (Wildman–Crippen LogP) is 7.38. The number of hydrogen-bond acceptors (Lipinski definition) is 2. The first kappa shape index (κ1) is 24.2. The van der Waals surface area contributed by atoms with Crippen molar-refractivity contribution in [1.29, 1.82) is 0 Å². The van der Waals surface area contributed by atoms with Crippen LogP contribution in [0.5, 0.6) is 5.75 Å². The van der Waals surface area contributed by atoms with E-state index in [1.807, 2.05) is 31.2 Å². The van der Waals surface area contributed by atoms with Crippen LogP contribution in [0.25, 0.3) is 0 Å². The fourth-order valence-electron chi connectivity index (χ4n) is 5.87. The minimum Gasteiger partial charge on any atom is -0.494 e. The van der Waals surface area contributed by atoms with Crippen LogP contribution >= 0.6 is 0 Å². The van der Waals surface area contributed by atoms with E-state index in [9.17, 15) is 5.11 Å². The van der Waals surface area contributed by atoms with Crippen LogP contribution in [0.2, 0.25) is 0 Å². The third kappa shape index (κ3) is 8.19. The Morgan fingerprint density at radius 1 is 0.871 bits per heavy atom. The molecule has 0 saturated heterocycles. The second kappa shape index (κ2) is 13.2. The smallest absolute Gasteiger partial charge is 0.119 e. The Hall–Kier alpha value is -1.46. The van der Waals surface area contributed by atoms with E-state index in [0.717, 1.165) is 35.5 Å². The van der Waals surface area contributed by atoms with Gasteiger partial charge in [0, 0.05) is 5.56 Å². The fraction of sp³-hybridized carbons (Fsp3) is 0.724. The summed E-state index contributed by atoms with van der Waals surface area (Å²) >= 11 is 0. The molecule has 1 N–H and O–H groups in total. The van der Waals surface area contributed by atoms with E-state index in [1.165, 1.54) is 77.0 Å². The van der Waals surface area contributed by atoms with E-state index in [1.54, 1.807) is 0 Å². The van der Waals surface area contributed by atoms with Crippen molar-refractivity contribution in [2.24, 2.45) is 23.7 Å². The first-order chi connectivity index (χ1) is 15.2. The molecule has 1 aromatic carbocycles. The highest BCUT2D eigenvalue weighted by Crippen LogP contribution is 2.43. The largest absolute Gasteiger partial charge is 0.494 e. The Morgan fingerprint density at radius 2 is 1.48 bits per heavy atom. The summed E-state index contributed by atoms with van der Waals surface area (Å²) < 4.78 is 5.47. The van der Waals surface area contributed by atoms with Gasteiger partial charge < -0.3 is 9.84 Å². The van der Waals surface area contributed by atoms with Gasteiger partial charge in [0.2, 0.25) is 0 Å². The van der Waals surface area contributed by atoms with Gasteiger partial charge in [-0.15, -0.1) is 0 Å². The molecule has 3 rings (SSSR count). The van der Waals surface area contributed by atoms with Gasteiger partial charge in [0.1, 0.15) is 11.9 Å². The van der Waals surface area contributed by atoms with Crippen molar-refractivity contribution in [1.82, 2.24) is 0 Å². The summed E-state index contributed by atoms with van der Waals surface area (Å²) in [6.07, 6.45) is 17.2. The summed E-state index contributed by atoms with van der Waals surface area (Å²) in [4.78, 5) is 0. The van der Waals surface area contributed by atoms with Crippen molar-refractivity contribution in [3.63, 3.8) is 0 Å². The van der Waals surface area contributed by atoms with Crippen LogP contribution < -0.4 is 4.74 Å². The van der Waals surface area contributed by atoms with E-state index in [2.05, 4.69) is 18.8 Å². The van der Waals surface area contributed by atoms with E-state index in [4.69, 9.17) is 4.74 Å². The molecule has 2 aliphatic carbocycles. The zero-order valence-electron chi connectivity index (χ0n) is 20.0. The Kier molecular flexibility index (Phi) is 10.3. The van der Waals surface area contributed by atoms with E-state index in [-0.39, 0.29) is 0 Å². The summed E-state index contributed by atoms with van der Waals surface area (Å²) in [6, 6.07) is 7.82. The molecular formula is C29H44O2. The van der Waals surface area contributed by atoms with Crippen LogP contribution in [-0.4, -0.2) is 17.8 Å². The molecule has 2 heteroatoms. The van der Waals surface area contributed by atoms with Crippen molar-refractivity contribution in [3.05, 3.63) is 29.8 Å². The second-order valence-electron chi connectivity index (χ2n) is 10.0. The number of aliphatic hydroxyl groups excluding tert-OH is 1. The van der Waals surface area contributed by atoms with Gasteiger partial charge in [-0.3, -0.25) is 0 Å². The van der Waals surface area contributed by atoms with Crippen LogP contribution in [-0.2, 0) is 0 Å². The van der Waals surface area contributed by atoms with Crippen LogP contribution in [0.15, 0.2) is 24.3 Å². The average molecular weight is 425 g/mol. The maximum Gasteiger partial charge on any atom is 0.119 e. The molecule has 31 heavy (non-hydrogen) atoms. The average Bonchev–Trinajstić information content (AvgIpc) is 2.80. The van der Waals surface area contributed by atoms with Gasteiger partial charge in [-0.2, -0.15) is 0 Å². The summed E-state index contributed by atoms with van der Waals surface area (Å²) in [6.45, 7) is 4.96. The van der Waals surface area contributed by atoms with Crippen molar-refractivity contribution in [2.75, 3.05) is 6.61 Å². The summed E-state index contributed by atoms with van der Waals surface area (Å²) in [7, 11) is 0. The Labute approximate surface area is 191 Å². The lowest BCUT2D eigenvalue weighted by Gasteiger charge is -2.38. The summed E-state index contributed by atoms with van der Waals surface area (Å²) in [5.41, 5.74) is 0.941. The maximum atomic E-state index is 10.4. The van der Waals surface area contributed by atoms with E-state index < -0.39 is 6.10 Å². The van der Waals surface area contributed by atoms with Crippen LogP contribution in [0, 0.1) is 35.5 Å². The molecule has 0 aliphatic heterocycles. The third-order valence-corrected chi connectivity index (χ3v) is 7.77. The number of rotatable bonds is 9. The van der Waals surface area contributed by atoms with Gasteiger partial charge >= 0.3 is 0 Å². The second-order valence-corrected chi connectivity index (χ2v) is 10.0. The van der Waals surface area contributed by atoms with Gasteiger partial charge in [0.25, 0.3) is 0 Å². The monoisotopic (exact) mass is 424 g/mol. The molecule has 172 valence electrons. The first-order valence-electron chi connectivity index (χ1n) is 13.1. The molecule has 1 unspecified atom stereocenters. The normalized spacial score (nSPS) is 27.2. The third-order valence-electron chi connectivity index (χ3n) is 7.77. The first-order valence-corrected chi connectivity index (χ1v) is 13.1. The highest BCUT2D eigenvalue weighted by atomic mass is 16.5. The van der Waals surface area contributed by atoms with Crippen LogP contribution in [0.4, 0.5) is 0 Å². The number of hydrogen-bond donors (Lipinski definition) is 1. The standard InChI is InChI=1S/C29H44O2/c1-3-5-6-7-23-8-15-26(16-9-23)27-17-10-25(11-18-27)22-28(30)19-12-24-13-20-29(21-14-24)31-4-2/h13-14,20-21,23,25-28,30H,3-11,15-18,22H2,1-2H3. The molecule has 0 aromatic heterocycles. The molecule has 2 aliphatic rings. The molecule has 0 spiro atoms. The number of aliphatic hydroxyl groups is 1. The SMILES string of the molecule is CCCCCC1CCC(C2CCC(CC(O)C#Cc3ccc(OCC)cc3)CC2)CC1. The Balaban J connectivity index is 1.35. The predicted molar refractivity (Wildman–Crippen MR) is 130 cm³/mol. The lowest BCUT2D eigenvalue weighted by Crippen LogP contribution is -2.27. The van der Waals surface area contributed by atoms with Gasteiger partial charge in [0.15, 0.2) is 0 Å². The minimum atomic E-state index is -0.508. The molecule has 0 radical (unpaired) electrons. The van der Waals surface area contributed by atoms with Crippen molar-refractivity contribution in [3.8, 4) is 17.6 Å². The molecule has 1 aromatic rings. The van der Waals surface area contributed by atoms with E-state index in [0.29, 0.717) is 12.5 Å². The maximum absolute atomic E-state index is 10.4. The Morgan fingerprint density at radius 3 is 2.06 bits per heavy atom. The molecule has 0 bridgehead atoms. The van der Waals surface area contributed by atoms with Crippen LogP contribution in [0.1, 0.15) is 103 Å². The van der Waals surface area contributed by atoms with Crippen LogP contribution in [0.3, 0.4) is 0 Å². The van der Waals surface area contributed by atoms with Gasteiger partial charge in [0.05, 0.1) is 6.61 Å². The quantitative estimate of drug-likeness (QED) is 0.331. The molecule has 2 saturated carbocycles. The zero-order valence-corrected chi connectivity index (χ0v) is 20.0. The topological polar surface area (TPSA) is 29.5 Å². The molecule has 2 fully saturated rings. The summed E-state index contributed by atoms with van der Waals surface area (Å²) in [5, 5.41) is 10.4. The van der Waals surface area contributed by atoms with Crippen molar-refractivity contribution >= 4 is 0 Å². The highest BCUT2D eigenvalue weighted by molar-refractivity contribution is 5.38. The number of unbranched alkanes of at least 4 members (excludes halogenated alkanes) is 2. The highest BCUT2D eigenvalue weighted by Gasteiger charge is 2.31. The lowest BCUT2D eigenvalue weighted by atomic mass is 9.68. The summed E-state index contributed by atoms with van der Waals surface area (Å²) in [5.74, 6) is 10.6. The van der Waals surface area contributed by atoms with Gasteiger partial charge in [-0.25, -0.2) is 0 Å². The van der Waals surface area contributed by atoms with Crippen molar-refractivity contribution in [2.45, 2.75) is 103 Å². The lowest BCUT2D eigenvalue weighted by molar-refractivity contribution is 0.120. The van der Waals surface area contributed by atoms with Crippen molar-refractivity contribution < 1.29 is 9.84 Å². The minimum absolute atomic E-state index is 0.508. The van der Waals surface area contributed by atoms with Gasteiger partial charge in [-0.05, 0) is 87.0 Å². The number of benzene rings is 1. The van der Waals surface area contributed by atoms with Gasteiger partial charge in [-0.1, -0.05) is 70.1 Å². The number of ether oxygens (including phenoxy) is 1. The molecule has 0 heterocycles. The molecule has 0 amide bonds. The molecule has 1 atom stereocenters. The Bertz CT molecular complexity index is 667. The molecular weight excluding hydrogens is 380 g/mol. The zero-order chi connectivity index (χ0) is 21.9. The van der Waals surface area contributed by atoms with E-state index >= 15 is 0 Å².